The predicted octanol–water partition coefficient (Wildman–Crippen LogP) is 3.62. The number of likely N-dealkylation sites (tertiary alicyclic amines) is 1. The van der Waals surface area contributed by atoms with Crippen LogP contribution in [-0.4, -0.2) is 43.8 Å². The van der Waals surface area contributed by atoms with Gasteiger partial charge in [0.2, 0.25) is 5.91 Å². The molecule has 2 aromatic carbocycles. The lowest BCUT2D eigenvalue weighted by Gasteiger charge is -2.25. The molecule has 1 aliphatic heterocycles. The van der Waals surface area contributed by atoms with Crippen LogP contribution in [0.2, 0.25) is 0 Å². The largest absolute Gasteiger partial charge is 0.352 e. The number of benzene rings is 2. The molecule has 0 radical (unpaired) electrons. The van der Waals surface area contributed by atoms with E-state index in [-0.39, 0.29) is 22.8 Å². The zero-order chi connectivity index (χ0) is 23.5. The third kappa shape index (κ3) is 5.30. The molecular weight excluding hydrogens is 426 g/mol. The van der Waals surface area contributed by atoms with Crippen LogP contribution in [0.5, 0.6) is 0 Å². The summed E-state index contributed by atoms with van der Waals surface area (Å²) in [5.74, 6) is -0.420. The summed E-state index contributed by atoms with van der Waals surface area (Å²) >= 11 is 0. The summed E-state index contributed by atoms with van der Waals surface area (Å²) < 4.78 is 28.3. The van der Waals surface area contributed by atoms with Gasteiger partial charge in [-0.2, -0.15) is 0 Å². The molecule has 2 amide bonds. The first kappa shape index (κ1) is 23.8. The Balaban J connectivity index is 1.79. The van der Waals surface area contributed by atoms with Crippen LogP contribution in [-0.2, 0) is 14.8 Å². The smallest absolute Gasteiger partial charge is 0.262 e. The van der Waals surface area contributed by atoms with Crippen molar-refractivity contribution in [3.63, 3.8) is 0 Å². The summed E-state index contributed by atoms with van der Waals surface area (Å²) in [6, 6.07) is 11.1. The van der Waals surface area contributed by atoms with Crippen molar-refractivity contribution in [2.24, 2.45) is 0 Å². The van der Waals surface area contributed by atoms with Crippen LogP contribution >= 0.6 is 0 Å². The van der Waals surface area contributed by atoms with E-state index in [1.54, 1.807) is 42.2 Å². The topological polar surface area (TPSA) is 95.6 Å². The van der Waals surface area contributed by atoms with E-state index in [0.29, 0.717) is 29.8 Å². The predicted molar refractivity (Wildman–Crippen MR) is 125 cm³/mol. The highest BCUT2D eigenvalue weighted by molar-refractivity contribution is 7.92. The minimum absolute atomic E-state index is 0.0445. The highest BCUT2D eigenvalue weighted by atomic mass is 32.2. The lowest BCUT2D eigenvalue weighted by atomic mass is 10.1. The van der Waals surface area contributed by atoms with E-state index in [9.17, 15) is 18.0 Å². The van der Waals surface area contributed by atoms with Gasteiger partial charge in [0.05, 0.1) is 4.90 Å². The minimum Gasteiger partial charge on any atom is -0.352 e. The van der Waals surface area contributed by atoms with Crippen LogP contribution in [0, 0.1) is 13.8 Å². The molecule has 2 atom stereocenters. The number of carbonyl (C=O) groups excluding carboxylic acids is 2. The number of hydrogen-bond acceptors (Lipinski definition) is 4. The molecule has 0 saturated carbocycles. The van der Waals surface area contributed by atoms with Crippen LogP contribution in [0.25, 0.3) is 0 Å². The molecule has 0 bridgehead atoms. The Hall–Kier alpha value is -2.87. The number of nitrogens with zero attached hydrogens (tertiary/aromatic N) is 1. The quantitative estimate of drug-likeness (QED) is 0.664. The fourth-order valence-electron chi connectivity index (χ4n) is 3.92. The van der Waals surface area contributed by atoms with Gasteiger partial charge in [-0.3, -0.25) is 14.3 Å². The van der Waals surface area contributed by atoms with Crippen molar-refractivity contribution in [1.29, 1.82) is 0 Å². The standard InChI is InChI=1S/C24H31N3O4S/c1-5-18(4)25-23(28)21-10-7-13-27(21)24(29)19-8-6-9-20(15-19)26-32(30,31)22-12-11-16(2)14-17(22)3/h6,8-9,11-12,14-15,18,21,26H,5,7,10,13H2,1-4H3,(H,25,28). The molecular formula is C24H31N3O4S. The number of nitrogens with one attached hydrogen (secondary N) is 2. The van der Waals surface area contributed by atoms with Gasteiger partial charge in [0.1, 0.15) is 6.04 Å². The van der Waals surface area contributed by atoms with E-state index in [1.165, 1.54) is 6.07 Å². The molecule has 3 rings (SSSR count). The van der Waals surface area contributed by atoms with Crippen LogP contribution in [0.4, 0.5) is 5.69 Å². The van der Waals surface area contributed by atoms with Crippen molar-refractivity contribution in [2.75, 3.05) is 11.3 Å². The fourth-order valence-corrected chi connectivity index (χ4v) is 5.19. The number of sulfonamides is 1. The molecule has 8 heteroatoms. The van der Waals surface area contributed by atoms with Gasteiger partial charge in [0.15, 0.2) is 0 Å². The summed E-state index contributed by atoms with van der Waals surface area (Å²) in [6.45, 7) is 8.08. The Kier molecular flexibility index (Phi) is 7.23. The molecule has 1 saturated heterocycles. The van der Waals surface area contributed by atoms with E-state index in [2.05, 4.69) is 10.0 Å². The molecule has 1 aliphatic rings. The van der Waals surface area contributed by atoms with Gasteiger partial charge in [0, 0.05) is 23.8 Å². The van der Waals surface area contributed by atoms with E-state index in [0.717, 1.165) is 18.4 Å². The van der Waals surface area contributed by atoms with Crippen molar-refractivity contribution in [2.45, 2.75) is 63.9 Å². The average molecular weight is 458 g/mol. The number of aryl methyl sites for hydroxylation is 2. The Morgan fingerprint density at radius 2 is 1.91 bits per heavy atom. The maximum Gasteiger partial charge on any atom is 0.262 e. The summed E-state index contributed by atoms with van der Waals surface area (Å²) in [5.41, 5.74) is 2.27. The Morgan fingerprint density at radius 3 is 2.59 bits per heavy atom. The van der Waals surface area contributed by atoms with Crippen molar-refractivity contribution < 1.29 is 18.0 Å². The van der Waals surface area contributed by atoms with Gasteiger partial charge >= 0.3 is 0 Å². The highest BCUT2D eigenvalue weighted by Crippen LogP contribution is 2.24. The first-order chi connectivity index (χ1) is 15.1. The fraction of sp³-hybridized carbons (Fsp3) is 0.417. The molecule has 2 N–H and O–H groups in total. The zero-order valence-corrected chi connectivity index (χ0v) is 19.8. The van der Waals surface area contributed by atoms with Crippen LogP contribution in [0.3, 0.4) is 0 Å². The monoisotopic (exact) mass is 457 g/mol. The van der Waals surface area contributed by atoms with E-state index >= 15 is 0 Å². The lowest BCUT2D eigenvalue weighted by molar-refractivity contribution is -0.125. The molecule has 1 heterocycles. The molecule has 7 nitrogen and oxygen atoms in total. The molecule has 0 aliphatic carbocycles. The second kappa shape index (κ2) is 9.73. The second-order valence-electron chi connectivity index (χ2n) is 8.43. The summed E-state index contributed by atoms with van der Waals surface area (Å²) in [7, 11) is -3.80. The van der Waals surface area contributed by atoms with Gasteiger partial charge in [0.25, 0.3) is 15.9 Å². The van der Waals surface area contributed by atoms with Crippen LogP contribution in [0.15, 0.2) is 47.4 Å². The van der Waals surface area contributed by atoms with Crippen molar-refractivity contribution >= 4 is 27.5 Å². The first-order valence-electron chi connectivity index (χ1n) is 10.9. The third-order valence-electron chi connectivity index (χ3n) is 5.80. The maximum absolute atomic E-state index is 13.2. The second-order valence-corrected chi connectivity index (χ2v) is 10.1. The molecule has 2 unspecified atom stereocenters. The molecule has 2 aromatic rings. The van der Waals surface area contributed by atoms with E-state index < -0.39 is 16.1 Å². The van der Waals surface area contributed by atoms with Crippen molar-refractivity contribution in [3.05, 3.63) is 59.2 Å². The third-order valence-corrected chi connectivity index (χ3v) is 7.34. The molecule has 1 fully saturated rings. The van der Waals surface area contributed by atoms with Crippen molar-refractivity contribution in [1.82, 2.24) is 10.2 Å². The average Bonchev–Trinajstić information content (AvgIpc) is 3.22. The minimum atomic E-state index is -3.80. The van der Waals surface area contributed by atoms with Gasteiger partial charge in [-0.05, 0) is 69.9 Å². The van der Waals surface area contributed by atoms with Crippen LogP contribution in [0.1, 0.15) is 54.6 Å². The molecule has 172 valence electrons. The van der Waals surface area contributed by atoms with Gasteiger partial charge in [-0.25, -0.2) is 8.42 Å². The van der Waals surface area contributed by atoms with Gasteiger partial charge in [-0.1, -0.05) is 30.7 Å². The summed E-state index contributed by atoms with van der Waals surface area (Å²) in [6.07, 6.45) is 2.19. The van der Waals surface area contributed by atoms with Gasteiger partial charge in [-0.15, -0.1) is 0 Å². The van der Waals surface area contributed by atoms with Gasteiger partial charge < -0.3 is 10.2 Å². The Bertz CT molecular complexity index is 1110. The molecule has 0 spiro atoms. The zero-order valence-electron chi connectivity index (χ0n) is 19.0. The molecule has 32 heavy (non-hydrogen) atoms. The van der Waals surface area contributed by atoms with E-state index in [4.69, 9.17) is 0 Å². The first-order valence-corrected chi connectivity index (χ1v) is 12.4. The summed E-state index contributed by atoms with van der Waals surface area (Å²) in [5, 5.41) is 2.95. The van der Waals surface area contributed by atoms with E-state index in [1.807, 2.05) is 26.8 Å². The molecule has 0 aromatic heterocycles. The number of amides is 2. The Labute approximate surface area is 190 Å². The van der Waals surface area contributed by atoms with Crippen LogP contribution < -0.4 is 10.0 Å². The normalized spacial score (nSPS) is 17.1. The lowest BCUT2D eigenvalue weighted by Crippen LogP contribution is -2.48. The highest BCUT2D eigenvalue weighted by Gasteiger charge is 2.35. The summed E-state index contributed by atoms with van der Waals surface area (Å²) in [4.78, 5) is 27.6. The number of hydrogen-bond donors (Lipinski definition) is 2. The number of anilines is 1. The SMILES string of the molecule is CCC(C)NC(=O)C1CCCN1C(=O)c1cccc(NS(=O)(=O)c2ccc(C)cc2C)c1. The Morgan fingerprint density at radius 1 is 1.16 bits per heavy atom. The number of carbonyl (C=O) groups is 2. The maximum atomic E-state index is 13.2. The number of rotatable bonds is 7. The van der Waals surface area contributed by atoms with Crippen molar-refractivity contribution in [3.8, 4) is 0 Å².